The Morgan fingerprint density at radius 3 is 2.76 bits per heavy atom. The van der Waals surface area contributed by atoms with Crippen molar-refractivity contribution in [3.63, 3.8) is 0 Å². The van der Waals surface area contributed by atoms with Crippen LogP contribution < -0.4 is 10.1 Å². The molecule has 0 heterocycles. The second kappa shape index (κ2) is 5.92. The van der Waals surface area contributed by atoms with Gasteiger partial charge in [0.15, 0.2) is 0 Å². The Hall–Kier alpha value is -1.22. The summed E-state index contributed by atoms with van der Waals surface area (Å²) in [5.41, 5.74) is 1.94. The van der Waals surface area contributed by atoms with Crippen LogP contribution in [0.4, 0.5) is 5.69 Å². The fourth-order valence-corrected chi connectivity index (χ4v) is 2.39. The van der Waals surface area contributed by atoms with Crippen molar-refractivity contribution in [1.29, 1.82) is 0 Å². The van der Waals surface area contributed by atoms with Gasteiger partial charge in [0.25, 0.3) is 0 Å². The van der Waals surface area contributed by atoms with Crippen molar-refractivity contribution >= 4 is 5.69 Å². The maximum atomic E-state index is 9.32. The van der Waals surface area contributed by atoms with E-state index in [9.17, 15) is 5.11 Å². The predicted molar refractivity (Wildman–Crippen MR) is 69.4 cm³/mol. The van der Waals surface area contributed by atoms with Crippen LogP contribution >= 0.6 is 0 Å². The number of ether oxygens (including phenoxy) is 1. The van der Waals surface area contributed by atoms with E-state index in [1.54, 1.807) is 0 Å². The smallest absolute Gasteiger partial charge is 0.124 e. The predicted octanol–water partition coefficient (Wildman–Crippen LogP) is 2.93. The van der Waals surface area contributed by atoms with Crippen molar-refractivity contribution in [1.82, 2.24) is 0 Å². The van der Waals surface area contributed by atoms with Crippen LogP contribution in [0.3, 0.4) is 0 Å². The first-order valence-corrected chi connectivity index (χ1v) is 6.46. The molecular weight excluding hydrogens is 214 g/mol. The summed E-state index contributed by atoms with van der Waals surface area (Å²) in [7, 11) is 0. The summed E-state index contributed by atoms with van der Waals surface area (Å²) in [6.45, 7) is 2.60. The van der Waals surface area contributed by atoms with Gasteiger partial charge in [-0.2, -0.15) is 0 Å². The van der Waals surface area contributed by atoms with Gasteiger partial charge >= 0.3 is 0 Å². The van der Waals surface area contributed by atoms with Crippen LogP contribution in [0, 0.1) is 0 Å². The van der Waals surface area contributed by atoms with E-state index >= 15 is 0 Å². The Morgan fingerprint density at radius 1 is 1.35 bits per heavy atom. The lowest BCUT2D eigenvalue weighted by atomic mass is 10.1. The standard InChI is InChI=1S/C14H21NO2/c1-2-17-14-8-7-13(9-11(14)10-16)15-12-5-3-4-6-12/h7-9,12,15-16H,2-6,10H2,1H3. The van der Waals surface area contributed by atoms with Crippen molar-refractivity contribution in [2.75, 3.05) is 11.9 Å². The molecule has 1 aliphatic rings. The zero-order chi connectivity index (χ0) is 12.1. The summed E-state index contributed by atoms with van der Waals surface area (Å²) < 4.78 is 5.47. The van der Waals surface area contributed by atoms with E-state index in [-0.39, 0.29) is 6.61 Å². The largest absolute Gasteiger partial charge is 0.494 e. The molecule has 94 valence electrons. The minimum absolute atomic E-state index is 0.0233. The number of anilines is 1. The number of hydrogen-bond donors (Lipinski definition) is 2. The topological polar surface area (TPSA) is 41.5 Å². The van der Waals surface area contributed by atoms with Crippen molar-refractivity contribution < 1.29 is 9.84 Å². The Kier molecular flexibility index (Phi) is 4.26. The molecule has 0 aliphatic heterocycles. The minimum Gasteiger partial charge on any atom is -0.494 e. The fraction of sp³-hybridized carbons (Fsp3) is 0.571. The van der Waals surface area contributed by atoms with E-state index in [2.05, 4.69) is 5.32 Å². The maximum Gasteiger partial charge on any atom is 0.124 e. The molecule has 0 radical (unpaired) electrons. The van der Waals surface area contributed by atoms with Crippen LogP contribution in [0.25, 0.3) is 0 Å². The molecule has 1 aromatic carbocycles. The van der Waals surface area contributed by atoms with Gasteiger partial charge in [0.05, 0.1) is 13.2 Å². The van der Waals surface area contributed by atoms with E-state index < -0.39 is 0 Å². The highest BCUT2D eigenvalue weighted by molar-refractivity contribution is 5.51. The van der Waals surface area contributed by atoms with Gasteiger partial charge in [0, 0.05) is 17.3 Å². The highest BCUT2D eigenvalue weighted by Crippen LogP contribution is 2.26. The highest BCUT2D eigenvalue weighted by Gasteiger charge is 2.15. The first kappa shape index (κ1) is 12.2. The molecule has 2 N–H and O–H groups in total. The molecule has 1 fully saturated rings. The van der Waals surface area contributed by atoms with Gasteiger partial charge in [-0.25, -0.2) is 0 Å². The molecule has 0 bridgehead atoms. The van der Waals surface area contributed by atoms with Gasteiger partial charge in [-0.1, -0.05) is 12.8 Å². The van der Waals surface area contributed by atoms with Crippen LogP contribution in [0.15, 0.2) is 18.2 Å². The van der Waals surface area contributed by atoms with Crippen molar-refractivity contribution in [3.8, 4) is 5.75 Å². The summed E-state index contributed by atoms with van der Waals surface area (Å²) in [6, 6.07) is 6.55. The molecular formula is C14H21NO2. The van der Waals surface area contributed by atoms with Crippen molar-refractivity contribution in [2.45, 2.75) is 45.3 Å². The Morgan fingerprint density at radius 2 is 2.12 bits per heavy atom. The first-order chi connectivity index (χ1) is 8.33. The molecule has 1 saturated carbocycles. The molecule has 17 heavy (non-hydrogen) atoms. The Labute approximate surface area is 103 Å². The number of aliphatic hydroxyl groups is 1. The van der Waals surface area contributed by atoms with Crippen molar-refractivity contribution in [3.05, 3.63) is 23.8 Å². The summed E-state index contributed by atoms with van der Waals surface area (Å²) in [5.74, 6) is 0.784. The van der Waals surface area contributed by atoms with E-state index in [0.29, 0.717) is 12.6 Å². The number of aliphatic hydroxyl groups excluding tert-OH is 1. The van der Waals surface area contributed by atoms with Crippen LogP contribution in [0.5, 0.6) is 5.75 Å². The van der Waals surface area contributed by atoms with Gasteiger partial charge < -0.3 is 15.2 Å². The highest BCUT2D eigenvalue weighted by atomic mass is 16.5. The van der Waals surface area contributed by atoms with Gasteiger partial charge in [0.2, 0.25) is 0 Å². The molecule has 0 atom stereocenters. The maximum absolute atomic E-state index is 9.32. The summed E-state index contributed by atoms with van der Waals surface area (Å²) >= 11 is 0. The average Bonchev–Trinajstić information content (AvgIpc) is 2.84. The number of rotatable bonds is 5. The zero-order valence-electron chi connectivity index (χ0n) is 10.4. The molecule has 0 unspecified atom stereocenters. The normalized spacial score (nSPS) is 16.1. The summed E-state index contributed by atoms with van der Waals surface area (Å²) in [5, 5.41) is 12.8. The molecule has 0 amide bonds. The molecule has 3 nitrogen and oxygen atoms in total. The first-order valence-electron chi connectivity index (χ1n) is 6.46. The van der Waals surface area contributed by atoms with Crippen LogP contribution in [-0.2, 0) is 6.61 Å². The molecule has 0 aromatic heterocycles. The number of hydrogen-bond acceptors (Lipinski definition) is 3. The Balaban J connectivity index is 2.07. The Bertz CT molecular complexity index is 359. The van der Waals surface area contributed by atoms with Crippen molar-refractivity contribution in [2.24, 2.45) is 0 Å². The lowest BCUT2D eigenvalue weighted by Gasteiger charge is -2.16. The summed E-state index contributed by atoms with van der Waals surface area (Å²) in [6.07, 6.45) is 5.15. The molecule has 1 aromatic rings. The molecule has 1 aliphatic carbocycles. The zero-order valence-corrected chi connectivity index (χ0v) is 10.4. The lowest BCUT2D eigenvalue weighted by molar-refractivity contribution is 0.267. The molecule has 3 heteroatoms. The summed E-state index contributed by atoms with van der Waals surface area (Å²) in [4.78, 5) is 0. The monoisotopic (exact) mass is 235 g/mol. The molecule has 0 spiro atoms. The lowest BCUT2D eigenvalue weighted by Crippen LogP contribution is -2.14. The number of benzene rings is 1. The molecule has 0 saturated heterocycles. The third kappa shape index (κ3) is 3.13. The third-order valence-corrected chi connectivity index (χ3v) is 3.26. The van der Waals surface area contributed by atoms with Gasteiger partial charge in [-0.05, 0) is 38.0 Å². The van der Waals surface area contributed by atoms with E-state index in [1.165, 1.54) is 25.7 Å². The third-order valence-electron chi connectivity index (χ3n) is 3.26. The van der Waals surface area contributed by atoms with E-state index in [0.717, 1.165) is 17.0 Å². The van der Waals surface area contributed by atoms with Crippen LogP contribution in [0.1, 0.15) is 38.2 Å². The number of nitrogens with one attached hydrogen (secondary N) is 1. The van der Waals surface area contributed by atoms with Crippen LogP contribution in [-0.4, -0.2) is 17.8 Å². The van der Waals surface area contributed by atoms with Crippen LogP contribution in [0.2, 0.25) is 0 Å². The van der Waals surface area contributed by atoms with Gasteiger partial charge in [-0.3, -0.25) is 0 Å². The average molecular weight is 235 g/mol. The quantitative estimate of drug-likeness (QED) is 0.824. The van der Waals surface area contributed by atoms with E-state index in [1.807, 2.05) is 25.1 Å². The molecule has 2 rings (SSSR count). The van der Waals surface area contributed by atoms with Gasteiger partial charge in [-0.15, -0.1) is 0 Å². The van der Waals surface area contributed by atoms with Gasteiger partial charge in [0.1, 0.15) is 5.75 Å². The second-order valence-corrected chi connectivity index (χ2v) is 4.54. The fourth-order valence-electron chi connectivity index (χ4n) is 2.39. The van der Waals surface area contributed by atoms with E-state index in [4.69, 9.17) is 4.74 Å². The minimum atomic E-state index is 0.0233. The second-order valence-electron chi connectivity index (χ2n) is 4.54. The SMILES string of the molecule is CCOc1ccc(NC2CCCC2)cc1CO.